The largest absolute Gasteiger partial charge is 0.383 e. The maximum atomic E-state index is 12.6. The molecule has 0 radical (unpaired) electrons. The Balaban J connectivity index is 1.46. The molecule has 132 valence electrons. The number of rotatable bonds is 6. The van der Waals surface area contributed by atoms with Crippen molar-refractivity contribution in [2.24, 2.45) is 0 Å². The van der Waals surface area contributed by atoms with E-state index in [0.29, 0.717) is 12.5 Å². The molecule has 0 spiro atoms. The zero-order chi connectivity index (χ0) is 16.9. The van der Waals surface area contributed by atoms with E-state index in [1.807, 2.05) is 11.0 Å². The fourth-order valence-electron chi connectivity index (χ4n) is 3.80. The van der Waals surface area contributed by atoms with Gasteiger partial charge in [0.15, 0.2) is 0 Å². The number of hydrogen-bond donors (Lipinski definition) is 0. The summed E-state index contributed by atoms with van der Waals surface area (Å²) in [6, 6.07) is 8.79. The first kappa shape index (κ1) is 17.4. The molecule has 0 N–H and O–H groups in total. The maximum Gasteiger partial charge on any atom is 0.228 e. The third-order valence-corrected chi connectivity index (χ3v) is 5.26. The van der Waals surface area contributed by atoms with Crippen LogP contribution in [0.5, 0.6) is 0 Å². The van der Waals surface area contributed by atoms with Crippen LogP contribution in [0.15, 0.2) is 24.3 Å². The van der Waals surface area contributed by atoms with Crippen LogP contribution in [0.3, 0.4) is 0 Å². The number of ether oxygens (including phenoxy) is 1. The van der Waals surface area contributed by atoms with Gasteiger partial charge in [0.25, 0.3) is 0 Å². The lowest BCUT2D eigenvalue weighted by molar-refractivity contribution is -0.119. The smallest absolute Gasteiger partial charge is 0.228 e. The van der Waals surface area contributed by atoms with E-state index in [4.69, 9.17) is 4.74 Å². The first-order chi connectivity index (χ1) is 11.7. The number of nitrogens with zero attached hydrogens (tertiary/aromatic N) is 3. The second kappa shape index (κ2) is 8.10. The van der Waals surface area contributed by atoms with Crippen LogP contribution in [-0.4, -0.2) is 74.7 Å². The average molecular weight is 331 g/mol. The molecule has 1 fully saturated rings. The first-order valence-electron chi connectivity index (χ1n) is 9.02. The van der Waals surface area contributed by atoms with Gasteiger partial charge in [0.1, 0.15) is 0 Å². The lowest BCUT2D eigenvalue weighted by atomic mass is 10.1. The molecule has 5 nitrogen and oxygen atoms in total. The highest BCUT2D eigenvalue weighted by Crippen LogP contribution is 2.27. The first-order valence-corrected chi connectivity index (χ1v) is 9.02. The number of fused-ring (bicyclic) bond motifs is 1. The number of para-hydroxylation sites is 1. The van der Waals surface area contributed by atoms with Crippen LogP contribution in [0.2, 0.25) is 0 Å². The Morgan fingerprint density at radius 2 is 2.04 bits per heavy atom. The Morgan fingerprint density at radius 1 is 1.21 bits per heavy atom. The molecule has 2 heterocycles. The van der Waals surface area contributed by atoms with E-state index < -0.39 is 0 Å². The van der Waals surface area contributed by atoms with E-state index in [1.54, 1.807) is 7.11 Å². The summed E-state index contributed by atoms with van der Waals surface area (Å²) in [6.07, 6.45) is 1.59. The van der Waals surface area contributed by atoms with Crippen molar-refractivity contribution in [3.05, 3.63) is 29.8 Å². The third kappa shape index (κ3) is 3.97. The Bertz CT molecular complexity index is 563. The molecule has 0 unspecified atom stereocenters. The van der Waals surface area contributed by atoms with Gasteiger partial charge in [-0.15, -0.1) is 0 Å². The van der Waals surface area contributed by atoms with Crippen molar-refractivity contribution in [3.63, 3.8) is 0 Å². The summed E-state index contributed by atoms with van der Waals surface area (Å²) in [6.45, 7) is 8.88. The number of carbonyl (C=O) groups is 1. The van der Waals surface area contributed by atoms with Crippen molar-refractivity contribution in [1.29, 1.82) is 0 Å². The Kier molecular flexibility index (Phi) is 5.87. The normalized spacial score (nSPS) is 21.9. The molecule has 0 bridgehead atoms. The average Bonchev–Trinajstić information content (AvgIpc) is 3.03. The fraction of sp³-hybridized carbons (Fsp3) is 0.632. The van der Waals surface area contributed by atoms with Crippen LogP contribution in [0.25, 0.3) is 0 Å². The Hall–Kier alpha value is -1.43. The molecule has 0 aromatic heterocycles. The third-order valence-electron chi connectivity index (χ3n) is 5.26. The summed E-state index contributed by atoms with van der Waals surface area (Å²) >= 11 is 0. The minimum Gasteiger partial charge on any atom is -0.383 e. The fourth-order valence-corrected chi connectivity index (χ4v) is 3.80. The van der Waals surface area contributed by atoms with Crippen LogP contribution in [-0.2, 0) is 16.0 Å². The number of benzene rings is 1. The SMILES string of the molecule is COCCN1CCN(CCC(=O)N2CCc3ccccc32)C[C@@H]1C. The Morgan fingerprint density at radius 3 is 2.83 bits per heavy atom. The Labute approximate surface area is 145 Å². The van der Waals surface area contributed by atoms with E-state index in [-0.39, 0.29) is 5.91 Å². The monoisotopic (exact) mass is 331 g/mol. The second-order valence-electron chi connectivity index (χ2n) is 6.85. The molecule has 1 aromatic rings. The molecule has 24 heavy (non-hydrogen) atoms. The molecular weight excluding hydrogens is 302 g/mol. The van der Waals surface area contributed by atoms with Crippen LogP contribution >= 0.6 is 0 Å². The van der Waals surface area contributed by atoms with E-state index in [1.165, 1.54) is 5.56 Å². The predicted octanol–water partition coefficient (Wildman–Crippen LogP) is 1.62. The zero-order valence-corrected chi connectivity index (χ0v) is 14.9. The molecular formula is C19H29N3O2. The highest BCUT2D eigenvalue weighted by Gasteiger charge is 2.26. The van der Waals surface area contributed by atoms with Gasteiger partial charge in [0.05, 0.1) is 6.61 Å². The predicted molar refractivity (Wildman–Crippen MR) is 96.5 cm³/mol. The summed E-state index contributed by atoms with van der Waals surface area (Å²) in [5.74, 6) is 0.259. The number of carbonyl (C=O) groups excluding carboxylic acids is 1. The van der Waals surface area contributed by atoms with Crippen molar-refractivity contribution in [3.8, 4) is 0 Å². The second-order valence-corrected chi connectivity index (χ2v) is 6.85. The van der Waals surface area contributed by atoms with Crippen molar-refractivity contribution in [1.82, 2.24) is 9.80 Å². The summed E-state index contributed by atoms with van der Waals surface area (Å²) in [7, 11) is 1.75. The summed E-state index contributed by atoms with van der Waals surface area (Å²) < 4.78 is 5.18. The molecule has 1 saturated heterocycles. The molecule has 0 aliphatic carbocycles. The minimum absolute atomic E-state index is 0.259. The van der Waals surface area contributed by atoms with Crippen LogP contribution in [0.4, 0.5) is 5.69 Å². The van der Waals surface area contributed by atoms with Crippen LogP contribution in [0, 0.1) is 0 Å². The lowest BCUT2D eigenvalue weighted by Gasteiger charge is -2.39. The molecule has 3 rings (SSSR count). The number of methoxy groups -OCH3 is 1. The van der Waals surface area contributed by atoms with E-state index in [9.17, 15) is 4.79 Å². The number of anilines is 1. The van der Waals surface area contributed by atoms with Crippen LogP contribution in [0.1, 0.15) is 18.9 Å². The number of piperazine rings is 1. The van der Waals surface area contributed by atoms with E-state index in [2.05, 4.69) is 34.9 Å². The number of amides is 1. The quantitative estimate of drug-likeness (QED) is 0.794. The molecule has 5 heteroatoms. The lowest BCUT2D eigenvalue weighted by Crippen LogP contribution is -2.53. The van der Waals surface area contributed by atoms with Gasteiger partial charge in [0.2, 0.25) is 5.91 Å². The molecule has 2 aliphatic rings. The molecule has 1 atom stereocenters. The van der Waals surface area contributed by atoms with Gasteiger partial charge in [-0.3, -0.25) is 9.69 Å². The summed E-state index contributed by atoms with van der Waals surface area (Å²) in [4.78, 5) is 19.5. The standard InChI is InChI=1S/C19H29N3O2/c1-16-15-20(11-12-21(16)13-14-24-2)9-8-19(23)22-10-7-17-5-3-4-6-18(17)22/h3-6,16H,7-15H2,1-2H3/t16-/m0/s1. The van der Waals surface area contributed by atoms with Gasteiger partial charge in [-0.05, 0) is 25.0 Å². The van der Waals surface area contributed by atoms with Crippen molar-refractivity contribution < 1.29 is 9.53 Å². The van der Waals surface area contributed by atoms with Gasteiger partial charge in [-0.1, -0.05) is 18.2 Å². The summed E-state index contributed by atoms with van der Waals surface area (Å²) in [5, 5.41) is 0. The minimum atomic E-state index is 0.259. The van der Waals surface area contributed by atoms with E-state index in [0.717, 1.165) is 58.0 Å². The summed E-state index contributed by atoms with van der Waals surface area (Å²) in [5.41, 5.74) is 2.41. The van der Waals surface area contributed by atoms with Gasteiger partial charge in [-0.25, -0.2) is 0 Å². The van der Waals surface area contributed by atoms with Crippen molar-refractivity contribution >= 4 is 11.6 Å². The van der Waals surface area contributed by atoms with E-state index >= 15 is 0 Å². The van der Waals surface area contributed by atoms with Crippen molar-refractivity contribution in [2.75, 3.05) is 57.9 Å². The van der Waals surface area contributed by atoms with Gasteiger partial charge < -0.3 is 14.5 Å². The van der Waals surface area contributed by atoms with Gasteiger partial charge >= 0.3 is 0 Å². The molecule has 2 aliphatic heterocycles. The van der Waals surface area contributed by atoms with Crippen LogP contribution < -0.4 is 4.90 Å². The highest BCUT2D eigenvalue weighted by atomic mass is 16.5. The molecule has 0 saturated carbocycles. The molecule has 1 amide bonds. The van der Waals surface area contributed by atoms with Crippen molar-refractivity contribution in [2.45, 2.75) is 25.8 Å². The maximum absolute atomic E-state index is 12.6. The zero-order valence-electron chi connectivity index (χ0n) is 14.9. The molecule has 1 aromatic carbocycles. The van der Waals surface area contributed by atoms with Gasteiger partial charge in [-0.2, -0.15) is 0 Å². The highest BCUT2D eigenvalue weighted by molar-refractivity contribution is 5.95. The van der Waals surface area contributed by atoms with Gasteiger partial charge in [0, 0.05) is 64.5 Å². The topological polar surface area (TPSA) is 36.0 Å². The number of hydrogen-bond acceptors (Lipinski definition) is 4.